The van der Waals surface area contributed by atoms with Gasteiger partial charge in [-0.15, -0.1) is 15.3 Å². The van der Waals surface area contributed by atoms with E-state index in [9.17, 15) is 4.79 Å². The Bertz CT molecular complexity index is 638. The number of hydrogen-bond donors (Lipinski definition) is 1. The number of fused-ring (bicyclic) bond motifs is 1. The maximum absolute atomic E-state index is 11.8. The Morgan fingerprint density at radius 1 is 1.15 bits per heavy atom. The van der Waals surface area contributed by atoms with E-state index in [4.69, 9.17) is 0 Å². The topological polar surface area (TPSA) is 72.2 Å². The molecule has 0 unspecified atom stereocenters. The summed E-state index contributed by atoms with van der Waals surface area (Å²) in [5, 5.41) is 16.5. The fourth-order valence-electron chi connectivity index (χ4n) is 2.85. The molecule has 2 fully saturated rings. The zero-order valence-electron chi connectivity index (χ0n) is 11.2. The summed E-state index contributed by atoms with van der Waals surface area (Å²) < 4.78 is 1.82. The molecule has 0 bridgehead atoms. The first-order chi connectivity index (χ1) is 9.81. The van der Waals surface area contributed by atoms with Crippen molar-refractivity contribution in [2.45, 2.75) is 50.9 Å². The SMILES string of the molecule is O=C(Nc1nn2c(C3CCCCC3)nnc2s1)C1CC1. The van der Waals surface area contributed by atoms with E-state index in [1.807, 2.05) is 4.52 Å². The summed E-state index contributed by atoms with van der Waals surface area (Å²) in [7, 11) is 0. The van der Waals surface area contributed by atoms with E-state index < -0.39 is 0 Å². The average molecular weight is 291 g/mol. The highest BCUT2D eigenvalue weighted by molar-refractivity contribution is 7.20. The third-order valence-electron chi connectivity index (χ3n) is 4.16. The van der Waals surface area contributed by atoms with E-state index in [1.165, 1.54) is 43.4 Å². The molecule has 4 rings (SSSR count). The molecular formula is C13H17N5OS. The van der Waals surface area contributed by atoms with E-state index in [-0.39, 0.29) is 11.8 Å². The van der Waals surface area contributed by atoms with Crippen LogP contribution < -0.4 is 5.32 Å². The molecule has 0 spiro atoms. The van der Waals surface area contributed by atoms with Crippen LogP contribution in [-0.2, 0) is 4.79 Å². The van der Waals surface area contributed by atoms with Gasteiger partial charge < -0.3 is 5.32 Å². The number of nitrogens with one attached hydrogen (secondary N) is 1. The molecular weight excluding hydrogens is 274 g/mol. The monoisotopic (exact) mass is 291 g/mol. The zero-order chi connectivity index (χ0) is 13.5. The number of anilines is 1. The summed E-state index contributed by atoms with van der Waals surface area (Å²) in [6.07, 6.45) is 8.18. The lowest BCUT2D eigenvalue weighted by Gasteiger charge is -2.18. The Morgan fingerprint density at radius 3 is 2.70 bits per heavy atom. The molecule has 6 nitrogen and oxygen atoms in total. The average Bonchev–Trinajstić information content (AvgIpc) is 3.14. The van der Waals surface area contributed by atoms with Gasteiger partial charge in [0.2, 0.25) is 16.0 Å². The first-order valence-electron chi connectivity index (χ1n) is 7.34. The fourth-order valence-corrected chi connectivity index (χ4v) is 3.60. The van der Waals surface area contributed by atoms with Crippen LogP contribution in [0.15, 0.2) is 0 Å². The minimum absolute atomic E-state index is 0.0918. The van der Waals surface area contributed by atoms with Gasteiger partial charge in [0, 0.05) is 11.8 Å². The van der Waals surface area contributed by atoms with Crippen molar-refractivity contribution in [2.24, 2.45) is 5.92 Å². The van der Waals surface area contributed by atoms with Crippen molar-refractivity contribution in [1.82, 2.24) is 19.8 Å². The van der Waals surface area contributed by atoms with Crippen LogP contribution in [0.2, 0.25) is 0 Å². The van der Waals surface area contributed by atoms with Crippen molar-refractivity contribution in [2.75, 3.05) is 5.32 Å². The first-order valence-corrected chi connectivity index (χ1v) is 8.16. The van der Waals surface area contributed by atoms with Crippen LogP contribution in [0.25, 0.3) is 4.96 Å². The van der Waals surface area contributed by atoms with Gasteiger partial charge in [0.05, 0.1) is 0 Å². The molecule has 0 saturated heterocycles. The largest absolute Gasteiger partial charge is 0.300 e. The normalized spacial score (nSPS) is 20.4. The van der Waals surface area contributed by atoms with Crippen molar-refractivity contribution in [3.63, 3.8) is 0 Å². The van der Waals surface area contributed by atoms with E-state index in [0.717, 1.165) is 23.6 Å². The zero-order valence-corrected chi connectivity index (χ0v) is 12.0. The molecule has 2 saturated carbocycles. The third-order valence-corrected chi connectivity index (χ3v) is 4.98. The Hall–Kier alpha value is -1.50. The molecule has 7 heteroatoms. The van der Waals surface area contributed by atoms with Crippen molar-refractivity contribution < 1.29 is 4.79 Å². The first kappa shape index (κ1) is 12.3. The van der Waals surface area contributed by atoms with Gasteiger partial charge >= 0.3 is 0 Å². The summed E-state index contributed by atoms with van der Waals surface area (Å²) >= 11 is 1.40. The third kappa shape index (κ3) is 2.19. The van der Waals surface area contributed by atoms with Crippen LogP contribution in [0.5, 0.6) is 0 Å². The second-order valence-electron chi connectivity index (χ2n) is 5.76. The molecule has 0 aromatic carbocycles. The van der Waals surface area contributed by atoms with Crippen LogP contribution in [0.1, 0.15) is 56.7 Å². The molecule has 0 aliphatic heterocycles. The Labute approximate surface area is 120 Å². The predicted octanol–water partition coefficient (Wildman–Crippen LogP) is 2.58. The molecule has 106 valence electrons. The molecule has 2 aliphatic carbocycles. The van der Waals surface area contributed by atoms with Crippen LogP contribution in [0.3, 0.4) is 0 Å². The van der Waals surface area contributed by atoms with E-state index in [2.05, 4.69) is 20.6 Å². The van der Waals surface area contributed by atoms with Gasteiger partial charge in [0.1, 0.15) is 0 Å². The molecule has 1 amide bonds. The molecule has 2 aliphatic rings. The highest BCUT2D eigenvalue weighted by Gasteiger charge is 2.30. The van der Waals surface area contributed by atoms with Crippen LogP contribution in [0.4, 0.5) is 5.13 Å². The van der Waals surface area contributed by atoms with Gasteiger partial charge in [-0.2, -0.15) is 4.52 Å². The number of aromatic nitrogens is 4. The van der Waals surface area contributed by atoms with Crippen LogP contribution >= 0.6 is 11.3 Å². The van der Waals surface area contributed by atoms with E-state index in [0.29, 0.717) is 11.0 Å². The van der Waals surface area contributed by atoms with Crippen molar-refractivity contribution >= 4 is 27.3 Å². The highest BCUT2D eigenvalue weighted by atomic mass is 32.1. The summed E-state index contributed by atoms with van der Waals surface area (Å²) in [6, 6.07) is 0. The predicted molar refractivity (Wildman–Crippen MR) is 75.8 cm³/mol. The Morgan fingerprint density at radius 2 is 1.95 bits per heavy atom. The highest BCUT2D eigenvalue weighted by Crippen LogP contribution is 2.34. The van der Waals surface area contributed by atoms with Crippen LogP contribution in [-0.4, -0.2) is 25.7 Å². The minimum atomic E-state index is 0.0918. The standard InChI is InChI=1S/C13H17N5OS/c19-11(9-6-7-9)14-12-17-18-10(15-16-13(18)20-12)8-4-2-1-3-5-8/h8-9H,1-7H2,(H,14,17,19). The fraction of sp³-hybridized carbons (Fsp3) is 0.692. The molecule has 2 aromatic rings. The maximum Gasteiger partial charge on any atom is 0.236 e. The van der Waals surface area contributed by atoms with Crippen molar-refractivity contribution in [3.8, 4) is 0 Å². The van der Waals surface area contributed by atoms with E-state index >= 15 is 0 Å². The van der Waals surface area contributed by atoms with Crippen molar-refractivity contribution in [1.29, 1.82) is 0 Å². The van der Waals surface area contributed by atoms with Crippen LogP contribution in [0, 0.1) is 5.92 Å². The number of carbonyl (C=O) groups excluding carboxylic acids is 1. The van der Waals surface area contributed by atoms with Gasteiger partial charge in [-0.05, 0) is 25.7 Å². The number of amides is 1. The second-order valence-corrected chi connectivity index (χ2v) is 6.71. The number of hydrogen-bond acceptors (Lipinski definition) is 5. The van der Waals surface area contributed by atoms with Gasteiger partial charge in [-0.25, -0.2) is 0 Å². The number of carbonyl (C=O) groups is 1. The van der Waals surface area contributed by atoms with Gasteiger partial charge in [0.25, 0.3) is 0 Å². The molecule has 0 radical (unpaired) electrons. The van der Waals surface area contributed by atoms with Gasteiger partial charge in [-0.1, -0.05) is 30.6 Å². The molecule has 1 N–H and O–H groups in total. The quantitative estimate of drug-likeness (QED) is 0.943. The summed E-state index contributed by atoms with van der Waals surface area (Å²) in [6.45, 7) is 0. The molecule has 2 heterocycles. The summed E-state index contributed by atoms with van der Waals surface area (Å²) in [5.74, 6) is 1.71. The lowest BCUT2D eigenvalue weighted by atomic mass is 9.89. The summed E-state index contributed by atoms with van der Waals surface area (Å²) in [4.78, 5) is 12.5. The second kappa shape index (κ2) is 4.80. The number of rotatable bonds is 3. The maximum atomic E-state index is 11.8. The summed E-state index contributed by atoms with van der Waals surface area (Å²) in [5.41, 5.74) is 0. The lowest BCUT2D eigenvalue weighted by Crippen LogP contribution is -2.14. The Kier molecular flexibility index (Phi) is 2.94. The van der Waals surface area contributed by atoms with Crippen molar-refractivity contribution in [3.05, 3.63) is 5.82 Å². The van der Waals surface area contributed by atoms with Gasteiger partial charge in [0.15, 0.2) is 5.82 Å². The Balaban J connectivity index is 1.59. The van der Waals surface area contributed by atoms with E-state index in [1.54, 1.807) is 0 Å². The number of nitrogens with zero attached hydrogens (tertiary/aromatic N) is 4. The molecule has 20 heavy (non-hydrogen) atoms. The molecule has 2 aromatic heterocycles. The minimum Gasteiger partial charge on any atom is -0.300 e. The lowest BCUT2D eigenvalue weighted by molar-refractivity contribution is -0.117. The van der Waals surface area contributed by atoms with Gasteiger partial charge in [-0.3, -0.25) is 4.79 Å². The smallest absolute Gasteiger partial charge is 0.236 e. The molecule has 0 atom stereocenters.